The fourth-order valence-electron chi connectivity index (χ4n) is 8.41. The number of rotatable bonds is 49. The zero-order valence-corrected chi connectivity index (χ0v) is 43.9. The summed E-state index contributed by atoms with van der Waals surface area (Å²) in [4.78, 5) is 83.3. The monoisotopic (exact) mass is 1010 g/mol. The molecule has 0 heterocycles. The van der Waals surface area contributed by atoms with E-state index >= 15 is 0 Å². The van der Waals surface area contributed by atoms with Crippen molar-refractivity contribution in [3.8, 4) is 0 Å². The highest BCUT2D eigenvalue weighted by Gasteiger charge is 2.27. The zero-order valence-electron chi connectivity index (χ0n) is 43.9. The van der Waals surface area contributed by atoms with Crippen molar-refractivity contribution in [1.82, 2.24) is 31.9 Å². The first-order valence-electron chi connectivity index (χ1n) is 27.3. The lowest BCUT2D eigenvalue weighted by Crippen LogP contribution is -2.40. The maximum Gasteiger partial charge on any atom is 0.303 e. The number of unbranched alkanes of at least 4 members (excludes halogenated alkanes) is 16. The number of carboxylic acids is 1. The number of nitrogens with two attached hydrogens (primary N) is 1. The van der Waals surface area contributed by atoms with Gasteiger partial charge in [0.25, 0.3) is 0 Å². The average molecular weight is 1010 g/mol. The largest absolute Gasteiger partial charge is 0.481 e. The van der Waals surface area contributed by atoms with E-state index in [2.05, 4.69) is 31.9 Å². The number of carbonyl (C=O) groups is 7. The minimum absolute atomic E-state index is 0.0391. The van der Waals surface area contributed by atoms with E-state index < -0.39 is 11.9 Å². The highest BCUT2D eigenvalue weighted by atomic mass is 16.5. The van der Waals surface area contributed by atoms with Crippen LogP contribution in [0.2, 0.25) is 0 Å². The summed E-state index contributed by atoms with van der Waals surface area (Å²) in [6.45, 7) is 5.09. The standard InChI is InChI=1S/C52H97N7O12/c1-42(24-29-47(61)56-31-33-68-35-38-71-41-49(63)57-32-34-69-36-37-70-40-48(62)55-30-20-19-21-45(54-2)51(53)66)59-52(67)44-27-25-43(26-28-44)39-58-46(60)22-17-15-13-11-9-7-5-3-4-6-8-10-12-14-16-18-23-50(64)65/h42-45,54H,3-41H2,1-2H3,(H2,53,66)(H,55,62)(H,56,61)(H,57,63)(H,58,60)(H,59,67)(H,64,65)/t42-,43?,44?,45+/m1/s1. The lowest BCUT2D eigenvalue weighted by Gasteiger charge is -2.29. The molecule has 0 unspecified atom stereocenters. The molecule has 0 aliphatic heterocycles. The fraction of sp³-hybridized carbons (Fsp3) is 0.865. The Balaban J connectivity index is 1.89. The summed E-state index contributed by atoms with van der Waals surface area (Å²) in [5, 5.41) is 26.0. The van der Waals surface area contributed by atoms with Gasteiger partial charge in [-0.25, -0.2) is 0 Å². The molecular weight excluding hydrogens is 915 g/mol. The van der Waals surface area contributed by atoms with Gasteiger partial charge in [-0.3, -0.25) is 33.6 Å². The summed E-state index contributed by atoms with van der Waals surface area (Å²) in [5.41, 5.74) is 5.28. The highest BCUT2D eigenvalue weighted by molar-refractivity contribution is 5.80. The number of primary amides is 1. The van der Waals surface area contributed by atoms with Gasteiger partial charge in [-0.05, 0) is 84.1 Å². The second-order valence-corrected chi connectivity index (χ2v) is 19.1. The smallest absolute Gasteiger partial charge is 0.303 e. The first kappa shape index (κ1) is 65.1. The van der Waals surface area contributed by atoms with E-state index in [-0.39, 0.29) is 100 Å². The van der Waals surface area contributed by atoms with Gasteiger partial charge in [0.05, 0.1) is 45.7 Å². The number of amides is 6. The van der Waals surface area contributed by atoms with Crippen LogP contribution in [0.4, 0.5) is 0 Å². The van der Waals surface area contributed by atoms with Crippen LogP contribution < -0.4 is 37.6 Å². The molecule has 0 radical (unpaired) electrons. The van der Waals surface area contributed by atoms with Gasteiger partial charge < -0.3 is 61.7 Å². The van der Waals surface area contributed by atoms with E-state index in [1.54, 1.807) is 7.05 Å². The highest BCUT2D eigenvalue weighted by Crippen LogP contribution is 2.29. The second-order valence-electron chi connectivity index (χ2n) is 19.1. The van der Waals surface area contributed by atoms with Crippen LogP contribution in [0.3, 0.4) is 0 Å². The van der Waals surface area contributed by atoms with E-state index in [1.807, 2.05) is 6.92 Å². The van der Waals surface area contributed by atoms with Crippen molar-refractivity contribution in [2.45, 2.75) is 192 Å². The maximum atomic E-state index is 12.9. The van der Waals surface area contributed by atoms with E-state index in [4.69, 9.17) is 29.8 Å². The molecule has 1 aliphatic carbocycles. The summed E-state index contributed by atoms with van der Waals surface area (Å²) in [7, 11) is 1.68. The zero-order chi connectivity index (χ0) is 52.0. The second kappa shape index (κ2) is 45.9. The van der Waals surface area contributed by atoms with Crippen molar-refractivity contribution < 1.29 is 57.6 Å². The summed E-state index contributed by atoms with van der Waals surface area (Å²) in [6.07, 6.45) is 26.3. The molecule has 6 amide bonds. The van der Waals surface area contributed by atoms with Crippen molar-refractivity contribution in [3.63, 3.8) is 0 Å². The molecule has 71 heavy (non-hydrogen) atoms. The number of carboxylic acid groups (broad SMARTS) is 1. The van der Waals surface area contributed by atoms with Gasteiger partial charge in [0.1, 0.15) is 13.2 Å². The van der Waals surface area contributed by atoms with Crippen LogP contribution in [0.25, 0.3) is 0 Å². The number of hydrogen-bond acceptors (Lipinski definition) is 12. The van der Waals surface area contributed by atoms with Crippen LogP contribution in [0.15, 0.2) is 0 Å². The normalized spacial score (nSPS) is 15.4. The maximum absolute atomic E-state index is 12.9. The predicted molar refractivity (Wildman–Crippen MR) is 274 cm³/mol. The third kappa shape index (κ3) is 41.3. The Hall–Kier alpha value is -3.91. The molecule has 1 aliphatic rings. The summed E-state index contributed by atoms with van der Waals surface area (Å²) in [6, 6.07) is -0.492. The van der Waals surface area contributed by atoms with E-state index in [9.17, 15) is 33.6 Å². The van der Waals surface area contributed by atoms with Gasteiger partial charge in [0.15, 0.2) is 0 Å². The Labute approximate surface area is 425 Å². The molecule has 0 spiro atoms. The number of aliphatic carboxylic acids is 1. The lowest BCUT2D eigenvalue weighted by atomic mass is 9.81. The third-order valence-corrected chi connectivity index (χ3v) is 12.8. The van der Waals surface area contributed by atoms with Crippen LogP contribution in [-0.4, -0.2) is 145 Å². The average Bonchev–Trinajstić information content (AvgIpc) is 3.34. The first-order chi connectivity index (χ1) is 34.4. The third-order valence-electron chi connectivity index (χ3n) is 12.8. The minimum atomic E-state index is -0.687. The lowest BCUT2D eigenvalue weighted by molar-refractivity contribution is -0.137. The SMILES string of the molecule is CN[C@@H](CCCCNC(=O)COCCOCCNC(=O)COCCOCCNC(=O)CC[C@@H](C)NC(=O)C1CCC(CNC(=O)CCCCCCCCCCCCCCCCCCC(=O)O)CC1)C(N)=O. The number of nitrogens with one attached hydrogen (secondary N) is 6. The quantitative estimate of drug-likeness (QED) is 0.0375. The molecule has 0 aromatic rings. The van der Waals surface area contributed by atoms with Crippen LogP contribution in [-0.2, 0) is 52.5 Å². The molecule has 9 N–H and O–H groups in total. The number of likely N-dealkylation sites (N-methyl/N-ethyl adjacent to an activating group) is 1. The van der Waals surface area contributed by atoms with E-state index in [1.165, 1.54) is 70.6 Å². The first-order valence-corrected chi connectivity index (χ1v) is 27.3. The molecule has 0 bridgehead atoms. The van der Waals surface area contributed by atoms with Crippen LogP contribution in [0.1, 0.15) is 180 Å². The van der Waals surface area contributed by atoms with Crippen LogP contribution in [0.5, 0.6) is 0 Å². The Kier molecular flexibility index (Phi) is 42.1. The van der Waals surface area contributed by atoms with Gasteiger partial charge in [-0.15, -0.1) is 0 Å². The van der Waals surface area contributed by atoms with E-state index in [0.717, 1.165) is 70.6 Å². The topological polar surface area (TPSA) is 275 Å². The molecule has 19 nitrogen and oxygen atoms in total. The molecule has 0 saturated heterocycles. The molecule has 0 aromatic carbocycles. The Morgan fingerprint density at radius 1 is 0.507 bits per heavy atom. The fourth-order valence-corrected chi connectivity index (χ4v) is 8.41. The number of hydrogen-bond donors (Lipinski definition) is 8. The Morgan fingerprint density at radius 2 is 0.958 bits per heavy atom. The predicted octanol–water partition coefficient (Wildman–Crippen LogP) is 4.96. The molecule has 1 saturated carbocycles. The molecule has 19 heteroatoms. The molecule has 2 atom stereocenters. The summed E-state index contributed by atoms with van der Waals surface area (Å²) < 4.78 is 21.5. The molecule has 0 aromatic heterocycles. The van der Waals surface area contributed by atoms with Gasteiger partial charge in [0.2, 0.25) is 35.4 Å². The van der Waals surface area contributed by atoms with Gasteiger partial charge in [-0.2, -0.15) is 0 Å². The van der Waals surface area contributed by atoms with Crippen molar-refractivity contribution in [1.29, 1.82) is 0 Å². The molecule has 1 rings (SSSR count). The summed E-state index contributed by atoms with van der Waals surface area (Å²) >= 11 is 0. The summed E-state index contributed by atoms with van der Waals surface area (Å²) in [5.74, 6) is -1.18. The van der Waals surface area contributed by atoms with Crippen LogP contribution in [0, 0.1) is 11.8 Å². The Morgan fingerprint density at radius 3 is 1.45 bits per heavy atom. The van der Waals surface area contributed by atoms with E-state index in [0.29, 0.717) is 64.4 Å². The van der Waals surface area contributed by atoms with Crippen molar-refractivity contribution in [3.05, 3.63) is 0 Å². The van der Waals surface area contributed by atoms with Gasteiger partial charge in [0, 0.05) is 57.4 Å². The van der Waals surface area contributed by atoms with Gasteiger partial charge in [-0.1, -0.05) is 89.9 Å². The minimum Gasteiger partial charge on any atom is -0.481 e. The van der Waals surface area contributed by atoms with Gasteiger partial charge >= 0.3 is 5.97 Å². The van der Waals surface area contributed by atoms with Crippen molar-refractivity contribution in [2.75, 3.05) is 86.1 Å². The van der Waals surface area contributed by atoms with Crippen molar-refractivity contribution >= 4 is 41.4 Å². The molecule has 412 valence electrons. The van der Waals surface area contributed by atoms with Crippen LogP contribution >= 0.6 is 0 Å². The number of carbonyl (C=O) groups excluding carboxylic acids is 6. The Bertz CT molecular complexity index is 1420. The number of ether oxygens (including phenoxy) is 4. The molecule has 1 fully saturated rings. The van der Waals surface area contributed by atoms with Crippen molar-refractivity contribution in [2.24, 2.45) is 17.6 Å². The molecular formula is C52H97N7O12.